The van der Waals surface area contributed by atoms with E-state index in [0.717, 1.165) is 22.5 Å². The third-order valence-electron chi connectivity index (χ3n) is 2.17. The van der Waals surface area contributed by atoms with E-state index in [1.54, 1.807) is 14.2 Å². The minimum absolute atomic E-state index is 0.691. The van der Waals surface area contributed by atoms with Crippen molar-refractivity contribution in [3.63, 3.8) is 0 Å². The molecule has 0 bridgehead atoms. The number of pyridine rings is 1. The highest BCUT2D eigenvalue weighted by Crippen LogP contribution is 2.18. The molecule has 0 aromatic carbocycles. The van der Waals surface area contributed by atoms with Gasteiger partial charge in [-0.05, 0) is 34.7 Å². The second-order valence-corrected chi connectivity index (χ2v) is 4.44. The van der Waals surface area contributed by atoms with Crippen molar-refractivity contribution in [3.8, 4) is 0 Å². The Bertz CT molecular complexity index is 302. The molecule has 0 saturated heterocycles. The van der Waals surface area contributed by atoms with Crippen molar-refractivity contribution in [1.29, 1.82) is 0 Å². The van der Waals surface area contributed by atoms with E-state index in [9.17, 15) is 0 Å². The first-order valence-electron chi connectivity index (χ1n) is 5.13. The summed E-state index contributed by atoms with van der Waals surface area (Å²) >= 11 is 2.29. The Hall–Kier alpha value is -0.400. The number of ether oxygens (including phenoxy) is 2. The number of methoxy groups -OCH3 is 2. The van der Waals surface area contributed by atoms with Crippen LogP contribution in [0.2, 0.25) is 0 Å². The van der Waals surface area contributed by atoms with Crippen LogP contribution in [0.4, 0.5) is 5.82 Å². The topological polar surface area (TPSA) is 34.6 Å². The van der Waals surface area contributed by atoms with E-state index in [-0.39, 0.29) is 0 Å². The maximum absolute atomic E-state index is 5.10. The molecule has 1 heterocycles. The Morgan fingerprint density at radius 1 is 1.25 bits per heavy atom. The standard InChI is InChI=1S/C11H17IN2O2/c1-15-8-6-14(7-9-16-2)11-10(12)4-3-5-13-11/h3-5H,6-9H2,1-2H3. The third-order valence-corrected chi connectivity index (χ3v) is 3.01. The molecule has 0 fully saturated rings. The highest BCUT2D eigenvalue weighted by molar-refractivity contribution is 14.1. The van der Waals surface area contributed by atoms with E-state index in [1.165, 1.54) is 0 Å². The predicted octanol–water partition coefficient (Wildman–Crippen LogP) is 1.79. The van der Waals surface area contributed by atoms with Crippen molar-refractivity contribution in [3.05, 3.63) is 21.9 Å². The molecule has 0 aliphatic rings. The lowest BCUT2D eigenvalue weighted by atomic mass is 10.4. The Balaban J connectivity index is 2.70. The van der Waals surface area contributed by atoms with Crippen LogP contribution < -0.4 is 4.90 Å². The summed E-state index contributed by atoms with van der Waals surface area (Å²) in [6, 6.07) is 3.99. The normalized spacial score (nSPS) is 10.4. The van der Waals surface area contributed by atoms with Crippen LogP contribution in [-0.4, -0.2) is 45.5 Å². The molecule has 1 rings (SSSR count). The molecule has 0 spiro atoms. The van der Waals surface area contributed by atoms with Crippen molar-refractivity contribution in [2.45, 2.75) is 0 Å². The molecule has 0 saturated carbocycles. The van der Waals surface area contributed by atoms with Gasteiger partial charge in [-0.3, -0.25) is 0 Å². The molecule has 0 radical (unpaired) electrons. The highest BCUT2D eigenvalue weighted by Gasteiger charge is 2.10. The van der Waals surface area contributed by atoms with E-state index < -0.39 is 0 Å². The fourth-order valence-electron chi connectivity index (χ4n) is 1.34. The molecule has 5 heteroatoms. The van der Waals surface area contributed by atoms with Gasteiger partial charge in [-0.15, -0.1) is 0 Å². The van der Waals surface area contributed by atoms with Crippen LogP contribution in [0.25, 0.3) is 0 Å². The first-order chi connectivity index (χ1) is 7.79. The van der Waals surface area contributed by atoms with Gasteiger partial charge in [0.2, 0.25) is 0 Å². The third kappa shape index (κ3) is 4.23. The Morgan fingerprint density at radius 2 is 1.88 bits per heavy atom. The van der Waals surface area contributed by atoms with Crippen LogP contribution in [0.15, 0.2) is 18.3 Å². The summed E-state index contributed by atoms with van der Waals surface area (Å²) in [7, 11) is 3.41. The molecule has 90 valence electrons. The van der Waals surface area contributed by atoms with Gasteiger partial charge in [-0.25, -0.2) is 4.98 Å². The number of rotatable bonds is 7. The molecular formula is C11H17IN2O2. The van der Waals surface area contributed by atoms with E-state index >= 15 is 0 Å². The van der Waals surface area contributed by atoms with Crippen LogP contribution >= 0.6 is 22.6 Å². The lowest BCUT2D eigenvalue weighted by Crippen LogP contribution is -2.32. The van der Waals surface area contributed by atoms with Crippen LogP contribution in [0.5, 0.6) is 0 Å². The minimum atomic E-state index is 0.691. The van der Waals surface area contributed by atoms with E-state index in [4.69, 9.17) is 9.47 Å². The first kappa shape index (κ1) is 13.7. The number of halogens is 1. The number of aromatic nitrogens is 1. The molecule has 0 aliphatic carbocycles. The zero-order valence-electron chi connectivity index (χ0n) is 9.65. The Labute approximate surface area is 110 Å². The lowest BCUT2D eigenvalue weighted by molar-refractivity contribution is 0.190. The van der Waals surface area contributed by atoms with Gasteiger partial charge in [0.15, 0.2) is 0 Å². The number of nitrogens with zero attached hydrogens (tertiary/aromatic N) is 2. The SMILES string of the molecule is COCCN(CCOC)c1ncccc1I. The summed E-state index contributed by atoms with van der Waals surface area (Å²) in [5, 5.41) is 0. The molecule has 0 aliphatic heterocycles. The smallest absolute Gasteiger partial charge is 0.142 e. The van der Waals surface area contributed by atoms with Gasteiger partial charge in [0.25, 0.3) is 0 Å². The Kier molecular flexibility index (Phi) is 6.67. The maximum Gasteiger partial charge on any atom is 0.142 e. The molecule has 1 aromatic heterocycles. The van der Waals surface area contributed by atoms with Gasteiger partial charge in [0, 0.05) is 33.5 Å². The van der Waals surface area contributed by atoms with Crippen LogP contribution in [0.3, 0.4) is 0 Å². The van der Waals surface area contributed by atoms with Gasteiger partial charge in [0.1, 0.15) is 5.82 Å². The fourth-order valence-corrected chi connectivity index (χ4v) is 2.02. The maximum atomic E-state index is 5.10. The van der Waals surface area contributed by atoms with Crippen molar-refractivity contribution < 1.29 is 9.47 Å². The summed E-state index contributed by atoms with van der Waals surface area (Å²) in [5.41, 5.74) is 0. The van der Waals surface area contributed by atoms with Crippen molar-refractivity contribution in [2.75, 3.05) is 45.4 Å². The number of anilines is 1. The van der Waals surface area contributed by atoms with Gasteiger partial charge in [-0.2, -0.15) is 0 Å². The predicted molar refractivity (Wildman–Crippen MR) is 72.9 cm³/mol. The zero-order valence-corrected chi connectivity index (χ0v) is 11.8. The van der Waals surface area contributed by atoms with E-state index in [0.29, 0.717) is 13.2 Å². The minimum Gasteiger partial charge on any atom is -0.383 e. The lowest BCUT2D eigenvalue weighted by Gasteiger charge is -2.23. The van der Waals surface area contributed by atoms with E-state index in [2.05, 4.69) is 38.5 Å². The summed E-state index contributed by atoms with van der Waals surface area (Å²) in [6.45, 7) is 3.03. The summed E-state index contributed by atoms with van der Waals surface area (Å²) in [4.78, 5) is 6.57. The average molecular weight is 336 g/mol. The quantitative estimate of drug-likeness (QED) is 0.711. The largest absolute Gasteiger partial charge is 0.383 e. The van der Waals surface area contributed by atoms with Crippen molar-refractivity contribution in [1.82, 2.24) is 4.98 Å². The molecular weight excluding hydrogens is 319 g/mol. The second-order valence-electron chi connectivity index (χ2n) is 3.28. The van der Waals surface area contributed by atoms with E-state index in [1.807, 2.05) is 12.3 Å². The summed E-state index contributed by atoms with van der Waals surface area (Å²) < 4.78 is 11.3. The average Bonchev–Trinajstić information content (AvgIpc) is 2.31. The van der Waals surface area contributed by atoms with Crippen molar-refractivity contribution >= 4 is 28.4 Å². The number of hydrogen-bond donors (Lipinski definition) is 0. The van der Waals surface area contributed by atoms with Gasteiger partial charge in [-0.1, -0.05) is 0 Å². The van der Waals surface area contributed by atoms with Crippen LogP contribution in [0, 0.1) is 3.57 Å². The highest BCUT2D eigenvalue weighted by atomic mass is 127. The fraction of sp³-hybridized carbons (Fsp3) is 0.545. The molecule has 1 aromatic rings. The second kappa shape index (κ2) is 7.81. The molecule has 16 heavy (non-hydrogen) atoms. The molecule has 4 nitrogen and oxygen atoms in total. The van der Waals surface area contributed by atoms with Gasteiger partial charge in [0.05, 0.1) is 16.8 Å². The first-order valence-corrected chi connectivity index (χ1v) is 6.20. The van der Waals surface area contributed by atoms with Gasteiger partial charge >= 0.3 is 0 Å². The molecule has 0 atom stereocenters. The Morgan fingerprint density at radius 3 is 2.38 bits per heavy atom. The molecule has 0 unspecified atom stereocenters. The van der Waals surface area contributed by atoms with Crippen LogP contribution in [-0.2, 0) is 9.47 Å². The molecule has 0 N–H and O–H groups in total. The number of hydrogen-bond acceptors (Lipinski definition) is 4. The summed E-state index contributed by atoms with van der Waals surface area (Å²) in [5.74, 6) is 0.997. The van der Waals surface area contributed by atoms with Crippen LogP contribution in [0.1, 0.15) is 0 Å². The molecule has 0 amide bonds. The zero-order chi connectivity index (χ0) is 11.8. The summed E-state index contributed by atoms with van der Waals surface area (Å²) in [6.07, 6.45) is 1.81. The van der Waals surface area contributed by atoms with Crippen molar-refractivity contribution in [2.24, 2.45) is 0 Å². The monoisotopic (exact) mass is 336 g/mol. The van der Waals surface area contributed by atoms with Gasteiger partial charge < -0.3 is 14.4 Å².